The van der Waals surface area contributed by atoms with E-state index >= 15 is 0 Å². The zero-order chi connectivity index (χ0) is 16.3. The van der Waals surface area contributed by atoms with E-state index in [4.69, 9.17) is 22.1 Å². The predicted octanol–water partition coefficient (Wildman–Crippen LogP) is 2.12. The van der Waals surface area contributed by atoms with Crippen LogP contribution < -0.4 is 5.73 Å². The van der Waals surface area contributed by atoms with E-state index in [2.05, 4.69) is 10.1 Å². The average molecular weight is 333 g/mol. The van der Waals surface area contributed by atoms with Gasteiger partial charge in [0.1, 0.15) is 6.33 Å². The summed E-state index contributed by atoms with van der Waals surface area (Å²) in [6.45, 7) is -3.43. The highest BCUT2D eigenvalue weighted by Crippen LogP contribution is 2.31. The molecule has 0 aliphatic rings. The van der Waals surface area contributed by atoms with Crippen LogP contribution >= 0.6 is 11.6 Å². The first-order valence-electron chi connectivity index (χ1n) is 5.98. The second-order valence-electron chi connectivity index (χ2n) is 4.15. The zero-order valence-corrected chi connectivity index (χ0v) is 11.7. The molecule has 0 radical (unpaired) electrons. The van der Waals surface area contributed by atoms with Gasteiger partial charge in [-0.25, -0.2) is 9.78 Å². The van der Waals surface area contributed by atoms with Gasteiger partial charge in [0.2, 0.25) is 0 Å². The molecule has 10 heteroatoms. The summed E-state index contributed by atoms with van der Waals surface area (Å²) < 4.78 is 30.9. The summed E-state index contributed by atoms with van der Waals surface area (Å²) in [5.74, 6) is -0.155. The summed E-state index contributed by atoms with van der Waals surface area (Å²) in [4.78, 5) is 14.6. The van der Waals surface area contributed by atoms with E-state index in [1.54, 1.807) is 0 Å². The molecule has 1 amide bonds. The van der Waals surface area contributed by atoms with E-state index in [1.807, 2.05) is 0 Å². The first-order valence-corrected chi connectivity index (χ1v) is 6.36. The summed E-state index contributed by atoms with van der Waals surface area (Å²) in [6, 6.07) is 4.25. The number of carbonyl (C=O) groups is 1. The molecule has 2 aromatic rings. The lowest BCUT2D eigenvalue weighted by Gasteiger charge is -2.16. The maximum Gasteiger partial charge on any atom is 0.405 e. The number of benzene rings is 1. The van der Waals surface area contributed by atoms with Gasteiger partial charge in [0.15, 0.2) is 11.9 Å². The Morgan fingerprint density at radius 3 is 2.82 bits per heavy atom. The van der Waals surface area contributed by atoms with Crippen LogP contribution in [0.4, 0.5) is 13.6 Å². The van der Waals surface area contributed by atoms with Gasteiger partial charge in [-0.05, 0) is 17.7 Å². The van der Waals surface area contributed by atoms with Crippen LogP contribution in [0, 0.1) is 0 Å². The third kappa shape index (κ3) is 3.31. The largest absolute Gasteiger partial charge is 0.439 e. The second-order valence-corrected chi connectivity index (χ2v) is 4.56. The smallest absolute Gasteiger partial charge is 0.405 e. The highest BCUT2D eigenvalue weighted by Gasteiger charge is 2.20. The van der Waals surface area contributed by atoms with Gasteiger partial charge in [-0.1, -0.05) is 17.7 Å². The van der Waals surface area contributed by atoms with Gasteiger partial charge in [0.25, 0.3) is 0 Å². The first kappa shape index (κ1) is 16.1. The normalized spacial score (nSPS) is 12.4. The molecular formula is C12H11ClF2N4O3. The fraction of sp³-hybridized carbons (Fsp3) is 0.250. The zero-order valence-electron chi connectivity index (χ0n) is 11.0. The molecule has 0 saturated heterocycles. The van der Waals surface area contributed by atoms with Crippen molar-refractivity contribution in [2.75, 3.05) is 6.61 Å². The minimum Gasteiger partial charge on any atom is -0.439 e. The number of ether oxygens (including phenoxy) is 1. The van der Waals surface area contributed by atoms with Crippen LogP contribution in [-0.4, -0.2) is 32.6 Å². The van der Waals surface area contributed by atoms with Crippen molar-refractivity contribution in [3.05, 3.63) is 35.1 Å². The van der Waals surface area contributed by atoms with Crippen LogP contribution in [0.25, 0.3) is 11.4 Å². The summed E-state index contributed by atoms with van der Waals surface area (Å²) in [6.07, 6.45) is -1.16. The lowest BCUT2D eigenvalue weighted by atomic mass is 10.1. The molecule has 1 heterocycles. The van der Waals surface area contributed by atoms with Crippen molar-refractivity contribution in [2.45, 2.75) is 12.7 Å². The molecule has 0 spiro atoms. The number of halogens is 3. The molecule has 0 unspecified atom stereocenters. The lowest BCUT2D eigenvalue weighted by Crippen LogP contribution is -2.19. The third-order valence-electron chi connectivity index (χ3n) is 2.79. The number of aliphatic hydroxyl groups is 1. The molecule has 3 N–H and O–H groups in total. The van der Waals surface area contributed by atoms with Crippen molar-refractivity contribution < 1.29 is 23.4 Å². The van der Waals surface area contributed by atoms with Gasteiger partial charge in [-0.3, -0.25) is 0 Å². The summed E-state index contributed by atoms with van der Waals surface area (Å²) in [7, 11) is 0. The van der Waals surface area contributed by atoms with E-state index in [0.29, 0.717) is 10.2 Å². The highest BCUT2D eigenvalue weighted by atomic mass is 35.5. The predicted molar refractivity (Wildman–Crippen MR) is 72.2 cm³/mol. The average Bonchev–Trinajstić information content (AvgIpc) is 2.94. The van der Waals surface area contributed by atoms with Crippen LogP contribution in [0.2, 0.25) is 5.02 Å². The van der Waals surface area contributed by atoms with Crippen molar-refractivity contribution in [3.63, 3.8) is 0 Å². The molecule has 1 atom stereocenters. The first-order chi connectivity index (χ1) is 10.4. The number of nitrogens with two attached hydrogens (primary N) is 1. The number of aliphatic hydroxyl groups excluding tert-OH is 1. The Morgan fingerprint density at radius 1 is 1.50 bits per heavy atom. The monoisotopic (exact) mass is 332 g/mol. The van der Waals surface area contributed by atoms with E-state index in [-0.39, 0.29) is 16.4 Å². The topological polar surface area (TPSA) is 103 Å². The van der Waals surface area contributed by atoms with Crippen molar-refractivity contribution in [1.82, 2.24) is 14.8 Å². The molecule has 0 aliphatic carbocycles. The standard InChI is InChI=1S/C12H11ClF2N4O3/c13-8-2-1-6(9(4-20)22-12(16)21)3-7(8)10-17-5-18-19(10)11(14)15/h1-3,5,9,11,20H,4H2,(H2,16,21)/t9-/m1/s1. The minimum atomic E-state index is -2.90. The second kappa shape index (κ2) is 6.67. The third-order valence-corrected chi connectivity index (χ3v) is 3.11. The SMILES string of the molecule is NC(=O)O[C@H](CO)c1ccc(Cl)c(-c2ncnn2C(F)F)c1. The number of hydrogen-bond acceptors (Lipinski definition) is 5. The van der Waals surface area contributed by atoms with Crippen molar-refractivity contribution in [2.24, 2.45) is 5.73 Å². The number of nitrogens with zero attached hydrogens (tertiary/aromatic N) is 3. The minimum absolute atomic E-state index is 0.148. The number of hydrogen-bond donors (Lipinski definition) is 2. The van der Waals surface area contributed by atoms with Crippen LogP contribution in [0.15, 0.2) is 24.5 Å². The van der Waals surface area contributed by atoms with Crippen molar-refractivity contribution >= 4 is 17.7 Å². The Hall–Kier alpha value is -2.26. The molecule has 0 aliphatic heterocycles. The van der Waals surface area contributed by atoms with Gasteiger partial charge in [-0.2, -0.15) is 18.6 Å². The molecule has 7 nitrogen and oxygen atoms in total. The Kier molecular flexibility index (Phi) is 4.88. The van der Waals surface area contributed by atoms with Crippen molar-refractivity contribution in [1.29, 1.82) is 0 Å². The fourth-order valence-electron chi connectivity index (χ4n) is 1.85. The Bertz CT molecular complexity index is 680. The molecule has 0 fully saturated rings. The van der Waals surface area contributed by atoms with Crippen molar-refractivity contribution in [3.8, 4) is 11.4 Å². The van der Waals surface area contributed by atoms with Crippen LogP contribution in [0.5, 0.6) is 0 Å². The Balaban J connectivity index is 2.46. The number of rotatable bonds is 5. The highest BCUT2D eigenvalue weighted by molar-refractivity contribution is 6.33. The van der Waals surface area contributed by atoms with Crippen LogP contribution in [0.3, 0.4) is 0 Å². The molecule has 1 aromatic heterocycles. The van der Waals surface area contributed by atoms with Crippen LogP contribution in [-0.2, 0) is 4.74 Å². The summed E-state index contributed by atoms with van der Waals surface area (Å²) in [5.41, 5.74) is 5.39. The fourth-order valence-corrected chi connectivity index (χ4v) is 2.05. The molecule has 0 saturated carbocycles. The molecule has 22 heavy (non-hydrogen) atoms. The number of carbonyl (C=O) groups excluding carboxylic acids is 1. The lowest BCUT2D eigenvalue weighted by molar-refractivity contribution is 0.0582. The Labute approximate surface area is 128 Å². The molecule has 1 aromatic carbocycles. The van der Waals surface area contributed by atoms with E-state index in [1.165, 1.54) is 18.2 Å². The number of alkyl halides is 2. The van der Waals surface area contributed by atoms with Gasteiger partial charge in [-0.15, -0.1) is 0 Å². The van der Waals surface area contributed by atoms with E-state index in [9.17, 15) is 18.7 Å². The quantitative estimate of drug-likeness (QED) is 0.873. The number of aromatic nitrogens is 3. The van der Waals surface area contributed by atoms with E-state index < -0.39 is 25.4 Å². The summed E-state index contributed by atoms with van der Waals surface area (Å²) >= 11 is 6.00. The molecule has 2 rings (SSSR count). The van der Waals surface area contributed by atoms with Crippen LogP contribution in [0.1, 0.15) is 18.2 Å². The maximum absolute atomic E-state index is 12.9. The maximum atomic E-state index is 12.9. The summed E-state index contributed by atoms with van der Waals surface area (Å²) in [5, 5.41) is 12.8. The number of primary amides is 1. The molecule has 118 valence electrons. The molecule has 0 bridgehead atoms. The van der Waals surface area contributed by atoms with Gasteiger partial charge in [0, 0.05) is 5.56 Å². The molecular weight excluding hydrogens is 322 g/mol. The number of amides is 1. The Morgan fingerprint density at radius 2 is 2.23 bits per heavy atom. The van der Waals surface area contributed by atoms with Gasteiger partial charge >= 0.3 is 12.6 Å². The van der Waals surface area contributed by atoms with Gasteiger partial charge < -0.3 is 15.6 Å². The van der Waals surface area contributed by atoms with Gasteiger partial charge in [0.05, 0.1) is 11.6 Å². The van der Waals surface area contributed by atoms with E-state index in [0.717, 1.165) is 6.33 Å².